The molecule has 1 saturated heterocycles. The molecule has 1 aromatic carbocycles. The van der Waals surface area contributed by atoms with Gasteiger partial charge in [0, 0.05) is 13.1 Å². The lowest BCUT2D eigenvalue weighted by Gasteiger charge is -2.30. The number of nitrogens with zero attached hydrogens (tertiary/aromatic N) is 1. The Balaban J connectivity index is 1.73. The normalized spacial score (nSPS) is 18.9. The summed E-state index contributed by atoms with van der Waals surface area (Å²) in [6.45, 7) is 0.448. The van der Waals surface area contributed by atoms with E-state index in [4.69, 9.17) is 11.6 Å². The van der Waals surface area contributed by atoms with Gasteiger partial charge in [-0.15, -0.1) is 11.3 Å². The second-order valence-corrected chi connectivity index (χ2v) is 9.24. The molecule has 3 rings (SSSR count). The molecule has 5 nitrogen and oxygen atoms in total. The van der Waals surface area contributed by atoms with Crippen LogP contribution in [0, 0.1) is 11.7 Å². The van der Waals surface area contributed by atoms with Crippen molar-refractivity contribution in [1.82, 2.24) is 4.31 Å². The highest BCUT2D eigenvalue weighted by atomic mass is 35.5. The zero-order valence-electron chi connectivity index (χ0n) is 13.1. The van der Waals surface area contributed by atoms with Crippen molar-refractivity contribution in [3.63, 3.8) is 0 Å². The van der Waals surface area contributed by atoms with Crippen molar-refractivity contribution in [2.45, 2.75) is 17.1 Å². The van der Waals surface area contributed by atoms with Gasteiger partial charge < -0.3 is 5.32 Å². The number of nitrogens with one attached hydrogen (secondary N) is 1. The lowest BCUT2D eigenvalue weighted by Crippen LogP contribution is -2.43. The molecule has 25 heavy (non-hydrogen) atoms. The van der Waals surface area contributed by atoms with Crippen LogP contribution < -0.4 is 5.32 Å². The number of sulfonamides is 1. The van der Waals surface area contributed by atoms with E-state index in [0.29, 0.717) is 19.4 Å². The molecule has 134 valence electrons. The maximum absolute atomic E-state index is 13.9. The molecule has 0 unspecified atom stereocenters. The number of carbonyl (C=O) groups excluding carboxylic acids is 1. The predicted molar refractivity (Wildman–Crippen MR) is 95.8 cm³/mol. The fourth-order valence-corrected chi connectivity index (χ4v) is 5.59. The van der Waals surface area contributed by atoms with Crippen LogP contribution in [0.25, 0.3) is 0 Å². The summed E-state index contributed by atoms with van der Waals surface area (Å²) >= 11 is 6.86. The van der Waals surface area contributed by atoms with Crippen molar-refractivity contribution in [2.24, 2.45) is 5.92 Å². The Morgan fingerprint density at radius 1 is 1.32 bits per heavy atom. The van der Waals surface area contributed by atoms with E-state index in [1.807, 2.05) is 0 Å². The summed E-state index contributed by atoms with van der Waals surface area (Å²) in [6.07, 6.45) is 1.12. The summed E-state index contributed by atoms with van der Waals surface area (Å²) in [4.78, 5) is 12.5. The first-order valence-corrected chi connectivity index (χ1v) is 10.4. The van der Waals surface area contributed by atoms with Crippen LogP contribution in [-0.2, 0) is 14.8 Å². The highest BCUT2D eigenvalue weighted by Gasteiger charge is 2.34. The van der Waals surface area contributed by atoms with Crippen LogP contribution in [-0.4, -0.2) is 31.7 Å². The number of anilines is 1. The summed E-state index contributed by atoms with van der Waals surface area (Å²) in [7, 11) is -3.60. The third-order valence-corrected chi connectivity index (χ3v) is 7.58. The Bertz CT molecular complexity index is 872. The van der Waals surface area contributed by atoms with E-state index in [-0.39, 0.29) is 21.5 Å². The molecule has 1 amide bonds. The molecule has 1 aliphatic heterocycles. The first-order chi connectivity index (χ1) is 11.9. The van der Waals surface area contributed by atoms with E-state index in [0.717, 1.165) is 11.3 Å². The molecule has 2 heterocycles. The Morgan fingerprint density at radius 3 is 2.84 bits per heavy atom. The summed E-state index contributed by atoms with van der Waals surface area (Å²) < 4.78 is 40.7. The van der Waals surface area contributed by atoms with Crippen LogP contribution in [0.15, 0.2) is 39.9 Å². The summed E-state index contributed by atoms with van der Waals surface area (Å²) in [5, 5.41) is 4.13. The largest absolute Gasteiger partial charge is 0.323 e. The highest BCUT2D eigenvalue weighted by molar-refractivity contribution is 7.91. The number of rotatable bonds is 4. The van der Waals surface area contributed by atoms with Gasteiger partial charge in [0.15, 0.2) is 5.82 Å². The molecule has 0 radical (unpaired) electrons. The third-order valence-electron chi connectivity index (χ3n) is 4.05. The average molecular weight is 403 g/mol. The van der Waals surface area contributed by atoms with E-state index in [1.165, 1.54) is 22.5 Å². The molecule has 1 N–H and O–H groups in total. The lowest BCUT2D eigenvalue weighted by atomic mass is 9.98. The second-order valence-electron chi connectivity index (χ2n) is 5.72. The van der Waals surface area contributed by atoms with Crippen LogP contribution in [0.5, 0.6) is 0 Å². The van der Waals surface area contributed by atoms with Gasteiger partial charge in [0.25, 0.3) is 10.0 Å². The van der Waals surface area contributed by atoms with Gasteiger partial charge in [0.05, 0.1) is 16.6 Å². The smallest absolute Gasteiger partial charge is 0.252 e. The van der Waals surface area contributed by atoms with Crippen molar-refractivity contribution in [3.8, 4) is 0 Å². The van der Waals surface area contributed by atoms with Crippen molar-refractivity contribution in [1.29, 1.82) is 0 Å². The average Bonchev–Trinajstić information content (AvgIpc) is 3.14. The van der Waals surface area contributed by atoms with Gasteiger partial charge in [-0.25, -0.2) is 12.8 Å². The van der Waals surface area contributed by atoms with Gasteiger partial charge in [-0.05, 0) is 36.4 Å². The monoisotopic (exact) mass is 402 g/mol. The quantitative estimate of drug-likeness (QED) is 0.849. The van der Waals surface area contributed by atoms with E-state index in [1.54, 1.807) is 17.5 Å². The number of piperidine rings is 1. The van der Waals surface area contributed by atoms with Gasteiger partial charge in [0.1, 0.15) is 4.21 Å². The number of thiophene rings is 1. The Morgan fingerprint density at radius 2 is 2.12 bits per heavy atom. The van der Waals surface area contributed by atoms with Gasteiger partial charge in [-0.2, -0.15) is 4.31 Å². The fraction of sp³-hybridized carbons (Fsp3) is 0.312. The van der Waals surface area contributed by atoms with E-state index < -0.39 is 27.7 Å². The summed E-state index contributed by atoms with van der Waals surface area (Å²) in [6, 6.07) is 7.57. The zero-order valence-corrected chi connectivity index (χ0v) is 15.5. The van der Waals surface area contributed by atoms with Gasteiger partial charge in [0.2, 0.25) is 5.91 Å². The maximum atomic E-state index is 13.9. The number of amides is 1. The van der Waals surface area contributed by atoms with E-state index in [9.17, 15) is 17.6 Å². The zero-order chi connectivity index (χ0) is 18.0. The summed E-state index contributed by atoms with van der Waals surface area (Å²) in [5.41, 5.74) is -0.00395. The second kappa shape index (κ2) is 7.41. The SMILES string of the molecule is O=C(Nc1cccc(Cl)c1F)[C@H]1CCCN(S(=O)(=O)c2cccs2)C1. The van der Waals surface area contributed by atoms with Crippen LogP contribution >= 0.6 is 22.9 Å². The van der Waals surface area contributed by atoms with Crippen LogP contribution in [0.3, 0.4) is 0 Å². The predicted octanol–water partition coefficient (Wildman–Crippen LogP) is 3.58. The molecule has 1 fully saturated rings. The lowest BCUT2D eigenvalue weighted by molar-refractivity contribution is -0.120. The number of hydrogen-bond donors (Lipinski definition) is 1. The van der Waals surface area contributed by atoms with Crippen molar-refractivity contribution >= 4 is 44.6 Å². The van der Waals surface area contributed by atoms with Crippen LogP contribution in [0.4, 0.5) is 10.1 Å². The van der Waals surface area contributed by atoms with E-state index in [2.05, 4.69) is 5.32 Å². The molecule has 0 aliphatic carbocycles. The van der Waals surface area contributed by atoms with Gasteiger partial charge >= 0.3 is 0 Å². The van der Waals surface area contributed by atoms with Gasteiger partial charge in [-0.3, -0.25) is 4.79 Å². The van der Waals surface area contributed by atoms with Crippen LogP contribution in [0.1, 0.15) is 12.8 Å². The number of hydrogen-bond acceptors (Lipinski definition) is 4. The topological polar surface area (TPSA) is 66.5 Å². The Hall–Kier alpha value is -1.48. The van der Waals surface area contributed by atoms with E-state index >= 15 is 0 Å². The molecule has 1 aromatic heterocycles. The van der Waals surface area contributed by atoms with Gasteiger partial charge in [-0.1, -0.05) is 23.7 Å². The minimum Gasteiger partial charge on any atom is -0.323 e. The highest BCUT2D eigenvalue weighted by Crippen LogP contribution is 2.28. The van der Waals surface area contributed by atoms with Crippen molar-refractivity contribution < 1.29 is 17.6 Å². The standard InChI is InChI=1S/C16H16ClFN2O3S2/c17-12-5-1-6-13(15(12)18)19-16(21)11-4-2-8-20(10-11)25(22,23)14-7-3-9-24-14/h1,3,5-7,9,11H,2,4,8,10H2,(H,19,21)/t11-/m0/s1. The first kappa shape index (κ1) is 18.3. The molecule has 9 heteroatoms. The van der Waals surface area contributed by atoms with Crippen molar-refractivity contribution in [2.75, 3.05) is 18.4 Å². The Labute approximate surface area is 154 Å². The molecule has 0 bridgehead atoms. The fourth-order valence-electron chi connectivity index (χ4n) is 2.75. The molecule has 0 spiro atoms. The molecule has 0 saturated carbocycles. The molecule has 1 aliphatic rings. The first-order valence-electron chi connectivity index (χ1n) is 7.68. The minimum atomic E-state index is -3.60. The Kier molecular flexibility index (Phi) is 5.43. The number of halogens is 2. The third kappa shape index (κ3) is 3.87. The maximum Gasteiger partial charge on any atom is 0.252 e. The molecular weight excluding hydrogens is 387 g/mol. The molecular formula is C16H16ClFN2O3S2. The molecule has 2 aromatic rings. The number of carbonyl (C=O) groups is 1. The molecule has 1 atom stereocenters. The summed E-state index contributed by atoms with van der Waals surface area (Å²) in [5.74, 6) is -1.65. The number of benzene rings is 1. The van der Waals surface area contributed by atoms with Crippen LogP contribution in [0.2, 0.25) is 5.02 Å². The minimum absolute atomic E-state index is 0.00395. The van der Waals surface area contributed by atoms with Crippen molar-refractivity contribution in [3.05, 3.63) is 46.6 Å².